The van der Waals surface area contributed by atoms with Gasteiger partial charge in [-0.25, -0.2) is 17.6 Å². The van der Waals surface area contributed by atoms with E-state index in [-0.39, 0.29) is 60.3 Å². The van der Waals surface area contributed by atoms with Gasteiger partial charge in [0.05, 0.1) is 43.7 Å². The summed E-state index contributed by atoms with van der Waals surface area (Å²) in [5.74, 6) is -4.34. The van der Waals surface area contributed by atoms with E-state index >= 15 is 0 Å². The standard InChI is InChI=1S/C38H39FN4O10S/c1-4-52-38(49)32(46)17-31(45)25-7-5-6-22(14-25)18-42-34(47)20-41-19-27(44)21-43(54(3,50)51)30-16-33-29(15-28(30)23-8-9-23)35(37(48)40-2)36(53-33)24-10-12-26(39)13-11-24/h5-7,10-17,23,41,45H,4,8-9,18-21H2,1-3H3,(H,40,48)(H,42,47). The molecule has 4 N–H and O–H groups in total. The maximum absolute atomic E-state index is 13.7. The fraction of sp³-hybridized carbons (Fsp3) is 0.289. The number of benzene rings is 3. The molecule has 0 bridgehead atoms. The number of Topliss-reactive ketones (excluding diaryl/α,β-unsaturated/α-hetero) is 1. The van der Waals surface area contributed by atoms with E-state index in [1.165, 1.54) is 49.5 Å². The quantitative estimate of drug-likeness (QED) is 0.0529. The largest absolute Gasteiger partial charge is 0.507 e. The van der Waals surface area contributed by atoms with Crippen molar-refractivity contribution in [2.24, 2.45) is 0 Å². The summed E-state index contributed by atoms with van der Waals surface area (Å²) in [6, 6.07) is 14.9. The number of nitrogens with zero attached hydrogens (tertiary/aromatic N) is 1. The van der Waals surface area contributed by atoms with Crippen LogP contribution in [0.2, 0.25) is 0 Å². The summed E-state index contributed by atoms with van der Waals surface area (Å²) in [5.41, 5.74) is 2.51. The number of carbonyl (C=O) groups excluding carboxylic acids is 5. The number of fused-ring (bicyclic) bond motifs is 1. The molecular formula is C38H39FN4O10S. The monoisotopic (exact) mass is 762 g/mol. The smallest absolute Gasteiger partial charge is 0.379 e. The van der Waals surface area contributed by atoms with Crippen molar-refractivity contribution >= 4 is 61.8 Å². The molecule has 4 aromatic rings. The van der Waals surface area contributed by atoms with Gasteiger partial charge >= 0.3 is 5.97 Å². The first-order valence-electron chi connectivity index (χ1n) is 17.0. The van der Waals surface area contributed by atoms with Crippen LogP contribution in [-0.2, 0) is 40.5 Å². The maximum atomic E-state index is 13.7. The number of aliphatic hydroxyl groups is 1. The Morgan fingerprint density at radius 2 is 1.76 bits per heavy atom. The van der Waals surface area contributed by atoms with Gasteiger partial charge in [-0.05, 0) is 73.2 Å². The van der Waals surface area contributed by atoms with E-state index in [1.807, 2.05) is 0 Å². The molecule has 284 valence electrons. The van der Waals surface area contributed by atoms with Crippen LogP contribution in [0.3, 0.4) is 0 Å². The van der Waals surface area contributed by atoms with E-state index < -0.39 is 57.5 Å². The van der Waals surface area contributed by atoms with Crippen molar-refractivity contribution in [3.05, 3.63) is 94.8 Å². The van der Waals surface area contributed by atoms with Gasteiger partial charge in [-0.1, -0.05) is 18.2 Å². The van der Waals surface area contributed by atoms with Crippen LogP contribution in [0.5, 0.6) is 0 Å². The Morgan fingerprint density at radius 3 is 2.41 bits per heavy atom. The number of furan rings is 1. The highest BCUT2D eigenvalue weighted by Crippen LogP contribution is 2.48. The van der Waals surface area contributed by atoms with Crippen molar-refractivity contribution in [1.29, 1.82) is 0 Å². The third-order valence-electron chi connectivity index (χ3n) is 8.47. The minimum absolute atomic E-state index is 0.00648. The average molecular weight is 763 g/mol. The molecule has 2 amide bonds. The van der Waals surface area contributed by atoms with Gasteiger partial charge in [0, 0.05) is 42.2 Å². The Morgan fingerprint density at radius 1 is 1.04 bits per heavy atom. The lowest BCUT2D eigenvalue weighted by atomic mass is 10.0. The summed E-state index contributed by atoms with van der Waals surface area (Å²) in [6.07, 6.45) is 3.28. The summed E-state index contributed by atoms with van der Waals surface area (Å²) < 4.78 is 51.7. The third kappa shape index (κ3) is 9.56. The number of rotatable bonds is 17. The molecule has 5 rings (SSSR count). The van der Waals surface area contributed by atoms with E-state index in [0.29, 0.717) is 22.1 Å². The fourth-order valence-corrected chi connectivity index (χ4v) is 6.62. The molecule has 0 atom stereocenters. The van der Waals surface area contributed by atoms with Gasteiger partial charge in [-0.2, -0.15) is 0 Å². The summed E-state index contributed by atoms with van der Waals surface area (Å²) in [5, 5.41) is 18.7. The summed E-state index contributed by atoms with van der Waals surface area (Å²) in [7, 11) is -2.55. The van der Waals surface area contributed by atoms with E-state index in [2.05, 4.69) is 20.7 Å². The van der Waals surface area contributed by atoms with Gasteiger partial charge in [-0.15, -0.1) is 0 Å². The zero-order valence-electron chi connectivity index (χ0n) is 29.7. The van der Waals surface area contributed by atoms with Gasteiger partial charge in [-0.3, -0.25) is 23.5 Å². The Bertz CT molecular complexity index is 2250. The fourth-order valence-electron chi connectivity index (χ4n) is 5.73. The average Bonchev–Trinajstić information content (AvgIpc) is 3.92. The van der Waals surface area contributed by atoms with Crippen molar-refractivity contribution in [1.82, 2.24) is 16.0 Å². The molecule has 1 aromatic heterocycles. The second-order valence-corrected chi connectivity index (χ2v) is 14.5. The number of anilines is 1. The number of amides is 2. The zero-order valence-corrected chi connectivity index (χ0v) is 30.5. The van der Waals surface area contributed by atoms with E-state index in [9.17, 15) is 41.9 Å². The van der Waals surface area contributed by atoms with Gasteiger partial charge in [0.25, 0.3) is 11.7 Å². The molecule has 1 heterocycles. The van der Waals surface area contributed by atoms with Gasteiger partial charge < -0.3 is 30.2 Å². The van der Waals surface area contributed by atoms with E-state index in [1.54, 1.807) is 25.1 Å². The lowest BCUT2D eigenvalue weighted by Gasteiger charge is -2.24. The number of esters is 1. The van der Waals surface area contributed by atoms with Crippen LogP contribution in [0.15, 0.2) is 71.2 Å². The van der Waals surface area contributed by atoms with E-state index in [4.69, 9.17) is 4.42 Å². The molecule has 1 aliphatic rings. The van der Waals surface area contributed by atoms with Crippen molar-refractivity contribution in [2.45, 2.75) is 32.2 Å². The van der Waals surface area contributed by atoms with Crippen molar-refractivity contribution in [2.75, 3.05) is 43.8 Å². The minimum Gasteiger partial charge on any atom is -0.507 e. The lowest BCUT2D eigenvalue weighted by Crippen LogP contribution is -2.41. The van der Waals surface area contributed by atoms with Gasteiger partial charge in [0.2, 0.25) is 15.9 Å². The second kappa shape index (κ2) is 16.9. The highest BCUT2D eigenvalue weighted by atomic mass is 32.2. The van der Waals surface area contributed by atoms with Crippen LogP contribution < -0.4 is 20.3 Å². The number of aliphatic hydroxyl groups excluding tert-OH is 1. The molecule has 1 saturated carbocycles. The Hall–Kier alpha value is -5.87. The number of halogens is 1. The van der Waals surface area contributed by atoms with Crippen LogP contribution in [-0.4, -0.2) is 82.4 Å². The predicted octanol–water partition coefficient (Wildman–Crippen LogP) is 3.75. The number of nitrogens with one attached hydrogen (secondary N) is 3. The molecule has 16 heteroatoms. The normalized spacial score (nSPS) is 13.0. The molecule has 0 spiro atoms. The van der Waals surface area contributed by atoms with Crippen molar-refractivity contribution < 1.29 is 51.0 Å². The second-order valence-electron chi connectivity index (χ2n) is 12.6. The highest BCUT2D eigenvalue weighted by Gasteiger charge is 2.34. The topological polar surface area (TPSA) is 201 Å². The summed E-state index contributed by atoms with van der Waals surface area (Å²) in [6.45, 7) is 0.430. The van der Waals surface area contributed by atoms with Crippen molar-refractivity contribution in [3.8, 4) is 11.3 Å². The van der Waals surface area contributed by atoms with Crippen molar-refractivity contribution in [3.63, 3.8) is 0 Å². The van der Waals surface area contributed by atoms with Crippen LogP contribution in [0, 0.1) is 5.82 Å². The van der Waals surface area contributed by atoms with E-state index in [0.717, 1.165) is 29.5 Å². The summed E-state index contributed by atoms with van der Waals surface area (Å²) in [4.78, 5) is 62.2. The molecule has 3 aromatic carbocycles. The molecule has 14 nitrogen and oxygen atoms in total. The first-order chi connectivity index (χ1) is 25.7. The molecular weight excluding hydrogens is 724 g/mol. The molecule has 54 heavy (non-hydrogen) atoms. The lowest BCUT2D eigenvalue weighted by molar-refractivity contribution is -0.151. The van der Waals surface area contributed by atoms with Crippen LogP contribution in [0.1, 0.15) is 52.7 Å². The molecule has 0 aliphatic heterocycles. The molecule has 0 saturated heterocycles. The van der Waals surface area contributed by atoms with Crippen LogP contribution >= 0.6 is 0 Å². The van der Waals surface area contributed by atoms with Crippen LogP contribution in [0.25, 0.3) is 28.1 Å². The SMILES string of the molecule is CCOC(=O)C(=O)C=C(O)c1cccc(CNC(=O)CNCC(=O)CN(c2cc3oc(-c4ccc(F)cc4)c(C(=O)NC)c3cc2C2CC2)S(C)(=O)=O)c1. The highest BCUT2D eigenvalue weighted by molar-refractivity contribution is 7.92. The Balaban J connectivity index is 1.26. The van der Waals surface area contributed by atoms with Gasteiger partial charge in [0.15, 0.2) is 5.78 Å². The number of carbonyl (C=O) groups is 5. The van der Waals surface area contributed by atoms with Gasteiger partial charge in [0.1, 0.15) is 22.9 Å². The Labute approximate surface area is 310 Å². The maximum Gasteiger partial charge on any atom is 0.379 e. The number of hydrogen-bond acceptors (Lipinski definition) is 11. The third-order valence-corrected chi connectivity index (χ3v) is 9.60. The number of sulfonamides is 1. The first kappa shape index (κ1) is 39.3. The summed E-state index contributed by atoms with van der Waals surface area (Å²) >= 11 is 0. The first-order valence-corrected chi connectivity index (χ1v) is 18.8. The Kier molecular flexibility index (Phi) is 12.3. The number of hydrogen-bond donors (Lipinski definition) is 4. The molecule has 1 aliphatic carbocycles. The minimum atomic E-state index is -4.02. The van der Waals surface area contributed by atoms with Crippen LogP contribution in [0.4, 0.5) is 10.1 Å². The zero-order chi connectivity index (χ0) is 39.2. The molecule has 0 radical (unpaired) electrons. The molecule has 0 unspecified atom stereocenters. The number of ether oxygens (including phenoxy) is 1. The number of ketones is 2. The predicted molar refractivity (Wildman–Crippen MR) is 198 cm³/mol. The molecule has 1 fully saturated rings.